The number of nitrogens with zero attached hydrogens (tertiary/aromatic N) is 2. The Balaban J connectivity index is 1.78. The predicted octanol–water partition coefficient (Wildman–Crippen LogP) is 2.39. The number of ether oxygens (including phenoxy) is 1. The molecule has 6 nitrogen and oxygen atoms in total. The summed E-state index contributed by atoms with van der Waals surface area (Å²) in [5.74, 6) is 0. The van der Waals surface area contributed by atoms with Gasteiger partial charge in [-0.3, -0.25) is 15.0 Å². The number of nitro groups is 1. The van der Waals surface area contributed by atoms with Gasteiger partial charge in [-0.15, -0.1) is 0 Å². The van der Waals surface area contributed by atoms with Crippen LogP contribution in [0.25, 0.3) is 0 Å². The number of benzene rings is 1. The minimum Gasteiger partial charge on any atom is -0.383 e. The average Bonchev–Trinajstić information content (AvgIpc) is 2.96. The summed E-state index contributed by atoms with van der Waals surface area (Å²) in [7, 11) is 1.70. The summed E-state index contributed by atoms with van der Waals surface area (Å²) in [6, 6.07) is 5.92. The molecule has 2 atom stereocenters. The van der Waals surface area contributed by atoms with E-state index in [1.807, 2.05) is 6.07 Å². The van der Waals surface area contributed by atoms with Gasteiger partial charge in [0.2, 0.25) is 0 Å². The molecule has 0 amide bonds. The van der Waals surface area contributed by atoms with Crippen molar-refractivity contribution in [3.8, 4) is 0 Å². The van der Waals surface area contributed by atoms with E-state index in [1.165, 1.54) is 12.8 Å². The highest BCUT2D eigenvalue weighted by Crippen LogP contribution is 2.32. The van der Waals surface area contributed by atoms with Crippen molar-refractivity contribution >= 4 is 11.4 Å². The van der Waals surface area contributed by atoms with E-state index in [9.17, 15) is 10.1 Å². The van der Waals surface area contributed by atoms with E-state index in [0.29, 0.717) is 17.8 Å². The molecule has 114 valence electrons. The summed E-state index contributed by atoms with van der Waals surface area (Å²) in [6.07, 6.45) is 3.87. The molecule has 1 aliphatic heterocycles. The standard InChI is InChI=1S/C15H21N3O3/c1-16-12-6-5-11(9-14(12)18(19)20)10-17-7-8-21-15-4-2-3-13(15)17/h5-6,9,13,15-16H,2-4,7-8,10H2,1H3. The summed E-state index contributed by atoms with van der Waals surface area (Å²) >= 11 is 0. The molecule has 2 aliphatic rings. The number of anilines is 1. The van der Waals surface area contributed by atoms with Crippen LogP contribution in [0.15, 0.2) is 18.2 Å². The first-order valence-corrected chi connectivity index (χ1v) is 7.50. The highest BCUT2D eigenvalue weighted by molar-refractivity contribution is 5.62. The van der Waals surface area contributed by atoms with Crippen molar-refractivity contribution in [3.05, 3.63) is 33.9 Å². The first-order valence-electron chi connectivity index (χ1n) is 7.50. The first-order chi connectivity index (χ1) is 10.2. The second-order valence-corrected chi connectivity index (χ2v) is 5.74. The van der Waals surface area contributed by atoms with Crippen molar-refractivity contribution in [2.45, 2.75) is 38.0 Å². The fourth-order valence-electron chi connectivity index (χ4n) is 3.47. The molecule has 1 saturated carbocycles. The van der Waals surface area contributed by atoms with Crippen molar-refractivity contribution in [1.82, 2.24) is 4.90 Å². The summed E-state index contributed by atoms with van der Waals surface area (Å²) in [5, 5.41) is 14.0. The molecule has 21 heavy (non-hydrogen) atoms. The molecule has 0 radical (unpaired) electrons. The van der Waals surface area contributed by atoms with E-state index in [1.54, 1.807) is 19.2 Å². The Kier molecular flexibility index (Phi) is 4.07. The molecule has 1 heterocycles. The maximum atomic E-state index is 11.1. The molecule has 3 rings (SSSR count). The van der Waals surface area contributed by atoms with Gasteiger partial charge in [-0.05, 0) is 30.9 Å². The minimum absolute atomic E-state index is 0.145. The molecule has 2 fully saturated rings. The Hall–Kier alpha value is -1.66. The molecule has 0 spiro atoms. The van der Waals surface area contributed by atoms with Gasteiger partial charge in [-0.1, -0.05) is 6.07 Å². The van der Waals surface area contributed by atoms with Crippen molar-refractivity contribution < 1.29 is 9.66 Å². The quantitative estimate of drug-likeness (QED) is 0.681. The maximum Gasteiger partial charge on any atom is 0.292 e. The maximum absolute atomic E-state index is 11.1. The highest BCUT2D eigenvalue weighted by Gasteiger charge is 2.35. The Morgan fingerprint density at radius 2 is 2.33 bits per heavy atom. The largest absolute Gasteiger partial charge is 0.383 e. The third-order valence-corrected chi connectivity index (χ3v) is 4.51. The molecule has 2 unspecified atom stereocenters. The second-order valence-electron chi connectivity index (χ2n) is 5.74. The van der Waals surface area contributed by atoms with E-state index in [2.05, 4.69) is 10.2 Å². The van der Waals surface area contributed by atoms with E-state index < -0.39 is 0 Å². The number of hydrogen-bond acceptors (Lipinski definition) is 5. The molecule has 1 saturated heterocycles. The smallest absolute Gasteiger partial charge is 0.292 e. The van der Waals surface area contributed by atoms with Crippen LogP contribution in [0.3, 0.4) is 0 Å². The fourth-order valence-corrected chi connectivity index (χ4v) is 3.47. The molecule has 1 N–H and O–H groups in total. The van der Waals surface area contributed by atoms with Crippen molar-refractivity contribution in [1.29, 1.82) is 0 Å². The van der Waals surface area contributed by atoms with Crippen molar-refractivity contribution in [2.75, 3.05) is 25.5 Å². The number of nitrogens with one attached hydrogen (secondary N) is 1. The van der Waals surface area contributed by atoms with Gasteiger partial charge in [-0.25, -0.2) is 0 Å². The van der Waals surface area contributed by atoms with Gasteiger partial charge in [0.15, 0.2) is 0 Å². The van der Waals surface area contributed by atoms with Gasteiger partial charge in [0.05, 0.1) is 17.6 Å². The van der Waals surface area contributed by atoms with Crippen LogP contribution in [0.4, 0.5) is 11.4 Å². The van der Waals surface area contributed by atoms with Crippen LogP contribution in [0.1, 0.15) is 24.8 Å². The van der Waals surface area contributed by atoms with Gasteiger partial charge in [0.25, 0.3) is 5.69 Å². The Bertz CT molecular complexity index is 535. The normalized spacial score (nSPS) is 25.6. The third-order valence-electron chi connectivity index (χ3n) is 4.51. The Labute approximate surface area is 124 Å². The zero-order valence-corrected chi connectivity index (χ0v) is 12.2. The molecule has 6 heteroatoms. The van der Waals surface area contributed by atoms with Crippen LogP contribution in [0.2, 0.25) is 0 Å². The van der Waals surface area contributed by atoms with Gasteiger partial charge in [0, 0.05) is 32.2 Å². The van der Waals surface area contributed by atoms with E-state index in [-0.39, 0.29) is 10.6 Å². The van der Waals surface area contributed by atoms with Crippen LogP contribution >= 0.6 is 0 Å². The number of fused-ring (bicyclic) bond motifs is 1. The lowest BCUT2D eigenvalue weighted by Gasteiger charge is -2.37. The predicted molar refractivity (Wildman–Crippen MR) is 80.4 cm³/mol. The van der Waals surface area contributed by atoms with Crippen LogP contribution in [-0.2, 0) is 11.3 Å². The average molecular weight is 291 g/mol. The SMILES string of the molecule is CNc1ccc(CN2CCOC3CCCC32)cc1[N+](=O)[O-]. The lowest BCUT2D eigenvalue weighted by molar-refractivity contribution is -0.384. The summed E-state index contributed by atoms with van der Waals surface area (Å²) in [5.41, 5.74) is 1.70. The summed E-state index contributed by atoms with van der Waals surface area (Å²) in [4.78, 5) is 13.2. The topological polar surface area (TPSA) is 67.6 Å². The Morgan fingerprint density at radius 3 is 3.10 bits per heavy atom. The zero-order chi connectivity index (χ0) is 14.8. The number of nitro benzene ring substituents is 1. The number of rotatable bonds is 4. The number of hydrogen-bond donors (Lipinski definition) is 1. The van der Waals surface area contributed by atoms with E-state index in [4.69, 9.17) is 4.74 Å². The van der Waals surface area contributed by atoms with Crippen molar-refractivity contribution in [2.24, 2.45) is 0 Å². The van der Waals surface area contributed by atoms with Crippen LogP contribution in [0, 0.1) is 10.1 Å². The van der Waals surface area contributed by atoms with Crippen LogP contribution < -0.4 is 5.32 Å². The van der Waals surface area contributed by atoms with Gasteiger partial charge >= 0.3 is 0 Å². The van der Waals surface area contributed by atoms with E-state index in [0.717, 1.165) is 31.7 Å². The third kappa shape index (κ3) is 2.87. The lowest BCUT2D eigenvalue weighted by atomic mass is 10.1. The Morgan fingerprint density at radius 1 is 1.48 bits per heavy atom. The summed E-state index contributed by atoms with van der Waals surface area (Å²) < 4.78 is 5.81. The first kappa shape index (κ1) is 14.3. The molecule has 1 aromatic rings. The minimum atomic E-state index is -0.326. The van der Waals surface area contributed by atoms with Crippen LogP contribution in [-0.4, -0.2) is 42.2 Å². The van der Waals surface area contributed by atoms with Gasteiger partial charge < -0.3 is 10.1 Å². The monoisotopic (exact) mass is 291 g/mol. The number of morpholine rings is 1. The lowest BCUT2D eigenvalue weighted by Crippen LogP contribution is -2.47. The molecular formula is C15H21N3O3. The molecule has 1 aromatic carbocycles. The fraction of sp³-hybridized carbons (Fsp3) is 0.600. The molecule has 0 aromatic heterocycles. The van der Waals surface area contributed by atoms with E-state index >= 15 is 0 Å². The zero-order valence-electron chi connectivity index (χ0n) is 12.2. The molecule has 0 bridgehead atoms. The summed E-state index contributed by atoms with van der Waals surface area (Å²) in [6.45, 7) is 2.43. The second kappa shape index (κ2) is 5.99. The highest BCUT2D eigenvalue weighted by atomic mass is 16.6. The molecular weight excluding hydrogens is 270 g/mol. The molecule has 1 aliphatic carbocycles. The van der Waals surface area contributed by atoms with Gasteiger partial charge in [0.1, 0.15) is 5.69 Å². The van der Waals surface area contributed by atoms with Crippen molar-refractivity contribution in [3.63, 3.8) is 0 Å². The van der Waals surface area contributed by atoms with Gasteiger partial charge in [-0.2, -0.15) is 0 Å². The van der Waals surface area contributed by atoms with Crippen LogP contribution in [0.5, 0.6) is 0 Å².